The summed E-state index contributed by atoms with van der Waals surface area (Å²) < 4.78 is 43.1. The number of ether oxygens (including phenoxy) is 8. The fourth-order valence-electron chi connectivity index (χ4n) is 2.68. The molecule has 0 aromatic heterocycles. The molecule has 0 aromatic rings. The summed E-state index contributed by atoms with van der Waals surface area (Å²) in [6.45, 7) is 12.2. The molecule has 34 heavy (non-hydrogen) atoms. The lowest BCUT2D eigenvalue weighted by atomic mass is 10.2. The Morgan fingerprint density at radius 3 is 1.12 bits per heavy atom. The van der Waals surface area contributed by atoms with Gasteiger partial charge in [0.25, 0.3) is 0 Å². The first-order valence-corrected chi connectivity index (χ1v) is 13.0. The molecule has 0 rings (SSSR count). The summed E-state index contributed by atoms with van der Waals surface area (Å²) in [5.41, 5.74) is 0. The molecule has 0 heterocycles. The standard InChI is InChI=1S/C25H50O9/c1-3-5-7-9-25(26)34-24-23-33-22-21-32-20-19-31-18-17-30-16-15-29-14-13-28-12-11-27-10-8-6-4-2/h3-24H2,1-2H3. The molecule has 0 atom stereocenters. The maximum absolute atomic E-state index is 11.4. The van der Waals surface area contributed by atoms with Gasteiger partial charge in [-0.05, 0) is 12.8 Å². The Kier molecular flexibility index (Phi) is 29.5. The number of unbranched alkanes of at least 4 members (excludes halogenated alkanes) is 4. The van der Waals surface area contributed by atoms with E-state index in [1.54, 1.807) is 0 Å². The normalized spacial score (nSPS) is 11.2. The van der Waals surface area contributed by atoms with Crippen molar-refractivity contribution in [1.29, 1.82) is 0 Å². The summed E-state index contributed by atoms with van der Waals surface area (Å²) in [5.74, 6) is -0.151. The zero-order valence-electron chi connectivity index (χ0n) is 21.7. The van der Waals surface area contributed by atoms with E-state index in [0.717, 1.165) is 32.3 Å². The largest absolute Gasteiger partial charge is 0.463 e. The molecular weight excluding hydrogens is 444 g/mol. The lowest BCUT2D eigenvalue weighted by Crippen LogP contribution is -2.15. The minimum absolute atomic E-state index is 0.151. The Balaban J connectivity index is 3.06. The molecule has 204 valence electrons. The van der Waals surface area contributed by atoms with Crippen molar-refractivity contribution in [1.82, 2.24) is 0 Å². The molecule has 9 heteroatoms. The third kappa shape index (κ3) is 29.2. The lowest BCUT2D eigenvalue weighted by molar-refractivity contribution is -0.145. The monoisotopic (exact) mass is 494 g/mol. The van der Waals surface area contributed by atoms with E-state index in [1.807, 2.05) is 0 Å². The summed E-state index contributed by atoms with van der Waals surface area (Å²) in [6.07, 6.45) is 7.08. The second kappa shape index (κ2) is 30.2. The molecule has 0 N–H and O–H groups in total. The van der Waals surface area contributed by atoms with Gasteiger partial charge in [-0.15, -0.1) is 0 Å². The molecule has 0 aliphatic heterocycles. The first-order chi connectivity index (χ1) is 16.8. The van der Waals surface area contributed by atoms with Crippen LogP contribution in [0.15, 0.2) is 0 Å². The average molecular weight is 495 g/mol. The fourth-order valence-corrected chi connectivity index (χ4v) is 2.68. The minimum Gasteiger partial charge on any atom is -0.463 e. The molecule has 9 nitrogen and oxygen atoms in total. The van der Waals surface area contributed by atoms with Gasteiger partial charge in [-0.2, -0.15) is 0 Å². The maximum Gasteiger partial charge on any atom is 0.305 e. The van der Waals surface area contributed by atoms with Gasteiger partial charge in [0.1, 0.15) is 6.61 Å². The maximum atomic E-state index is 11.4. The summed E-state index contributed by atoms with van der Waals surface area (Å²) in [5, 5.41) is 0. The van der Waals surface area contributed by atoms with Crippen LogP contribution in [0.3, 0.4) is 0 Å². The second-order valence-electron chi connectivity index (χ2n) is 7.67. The Labute approximate surface area is 207 Å². The van der Waals surface area contributed by atoms with Crippen LogP contribution in [-0.4, -0.2) is 105 Å². The van der Waals surface area contributed by atoms with Crippen LogP contribution in [0.2, 0.25) is 0 Å². The number of rotatable bonds is 29. The molecule has 0 amide bonds. The van der Waals surface area contributed by atoms with Crippen LogP contribution in [0.25, 0.3) is 0 Å². The topological polar surface area (TPSA) is 90.9 Å². The van der Waals surface area contributed by atoms with Crippen molar-refractivity contribution >= 4 is 5.97 Å². The van der Waals surface area contributed by atoms with Crippen LogP contribution in [0.5, 0.6) is 0 Å². The van der Waals surface area contributed by atoms with Crippen LogP contribution in [-0.2, 0) is 42.7 Å². The van der Waals surface area contributed by atoms with E-state index >= 15 is 0 Å². The van der Waals surface area contributed by atoms with E-state index in [-0.39, 0.29) is 5.97 Å². The number of hydrogen-bond acceptors (Lipinski definition) is 9. The van der Waals surface area contributed by atoms with Gasteiger partial charge in [0.15, 0.2) is 0 Å². The zero-order chi connectivity index (χ0) is 24.8. The smallest absolute Gasteiger partial charge is 0.305 e. The van der Waals surface area contributed by atoms with Crippen LogP contribution in [0, 0.1) is 0 Å². The fraction of sp³-hybridized carbons (Fsp3) is 0.960. The zero-order valence-corrected chi connectivity index (χ0v) is 21.7. The van der Waals surface area contributed by atoms with Crippen molar-refractivity contribution in [3.8, 4) is 0 Å². The van der Waals surface area contributed by atoms with Crippen molar-refractivity contribution < 1.29 is 42.7 Å². The predicted molar refractivity (Wildman–Crippen MR) is 130 cm³/mol. The molecule has 0 bridgehead atoms. The van der Waals surface area contributed by atoms with Gasteiger partial charge >= 0.3 is 5.97 Å². The van der Waals surface area contributed by atoms with Gasteiger partial charge < -0.3 is 37.9 Å². The first-order valence-electron chi connectivity index (χ1n) is 13.0. The first kappa shape index (κ1) is 33.2. The highest BCUT2D eigenvalue weighted by Gasteiger charge is 2.01. The van der Waals surface area contributed by atoms with Gasteiger partial charge in [-0.1, -0.05) is 39.5 Å². The Morgan fingerprint density at radius 1 is 0.412 bits per heavy atom. The van der Waals surface area contributed by atoms with E-state index in [0.29, 0.717) is 98.9 Å². The number of hydrogen-bond donors (Lipinski definition) is 0. The third-order valence-electron chi connectivity index (χ3n) is 4.60. The van der Waals surface area contributed by atoms with E-state index in [4.69, 9.17) is 37.9 Å². The highest BCUT2D eigenvalue weighted by Crippen LogP contribution is 2.00. The molecule has 0 aromatic carbocycles. The molecule has 0 saturated heterocycles. The highest BCUT2D eigenvalue weighted by molar-refractivity contribution is 5.69. The molecule has 0 spiro atoms. The quantitative estimate of drug-likeness (QED) is 0.115. The van der Waals surface area contributed by atoms with Crippen molar-refractivity contribution in [2.75, 3.05) is 99.1 Å². The van der Waals surface area contributed by atoms with Gasteiger partial charge in [0.2, 0.25) is 0 Å². The van der Waals surface area contributed by atoms with E-state index in [2.05, 4.69) is 13.8 Å². The van der Waals surface area contributed by atoms with E-state index in [9.17, 15) is 4.79 Å². The van der Waals surface area contributed by atoms with E-state index in [1.165, 1.54) is 12.8 Å². The lowest BCUT2D eigenvalue weighted by Gasteiger charge is -2.08. The number of esters is 1. The summed E-state index contributed by atoms with van der Waals surface area (Å²) in [6, 6.07) is 0. The van der Waals surface area contributed by atoms with Crippen LogP contribution < -0.4 is 0 Å². The van der Waals surface area contributed by atoms with Gasteiger partial charge in [0, 0.05) is 13.0 Å². The van der Waals surface area contributed by atoms with Crippen molar-refractivity contribution in [3.63, 3.8) is 0 Å². The van der Waals surface area contributed by atoms with Gasteiger partial charge in [-0.3, -0.25) is 4.79 Å². The van der Waals surface area contributed by atoms with Crippen LogP contribution in [0.4, 0.5) is 0 Å². The van der Waals surface area contributed by atoms with Crippen molar-refractivity contribution in [2.24, 2.45) is 0 Å². The molecule has 0 fully saturated rings. The molecule has 0 aliphatic carbocycles. The van der Waals surface area contributed by atoms with Crippen LogP contribution >= 0.6 is 0 Å². The number of carbonyl (C=O) groups is 1. The second-order valence-corrected chi connectivity index (χ2v) is 7.67. The van der Waals surface area contributed by atoms with Gasteiger partial charge in [-0.25, -0.2) is 0 Å². The molecule has 0 saturated carbocycles. The summed E-state index contributed by atoms with van der Waals surface area (Å²) in [4.78, 5) is 11.4. The SMILES string of the molecule is CCCCCOCCOCCOCCOCCOCCOCCOCCOC(=O)CCCCC. The Bertz CT molecular complexity index is 397. The Morgan fingerprint density at radius 2 is 0.735 bits per heavy atom. The van der Waals surface area contributed by atoms with Gasteiger partial charge in [0.05, 0.1) is 85.9 Å². The molecular formula is C25H50O9. The highest BCUT2D eigenvalue weighted by atomic mass is 16.6. The third-order valence-corrected chi connectivity index (χ3v) is 4.60. The van der Waals surface area contributed by atoms with Crippen molar-refractivity contribution in [3.05, 3.63) is 0 Å². The van der Waals surface area contributed by atoms with E-state index < -0.39 is 0 Å². The summed E-state index contributed by atoms with van der Waals surface area (Å²) in [7, 11) is 0. The number of carbonyl (C=O) groups excluding carboxylic acids is 1. The summed E-state index contributed by atoms with van der Waals surface area (Å²) >= 11 is 0. The van der Waals surface area contributed by atoms with Crippen LogP contribution in [0.1, 0.15) is 58.8 Å². The molecule has 0 radical (unpaired) electrons. The molecule has 0 unspecified atom stereocenters. The minimum atomic E-state index is -0.151. The Hall–Kier alpha value is -0.810. The molecule has 0 aliphatic rings. The average Bonchev–Trinajstić information content (AvgIpc) is 2.84. The predicted octanol–water partition coefficient (Wildman–Crippen LogP) is 3.42. The van der Waals surface area contributed by atoms with Crippen molar-refractivity contribution in [2.45, 2.75) is 58.8 Å².